The van der Waals surface area contributed by atoms with Crippen molar-refractivity contribution < 1.29 is 19.0 Å². The minimum absolute atomic E-state index is 0.121. The van der Waals surface area contributed by atoms with E-state index in [1.807, 2.05) is 30.3 Å². The number of nitrogens with zero attached hydrogens (tertiary/aromatic N) is 2. The van der Waals surface area contributed by atoms with Crippen LogP contribution in [0.1, 0.15) is 22.8 Å². The van der Waals surface area contributed by atoms with Crippen LogP contribution in [-0.2, 0) is 22.6 Å². The van der Waals surface area contributed by atoms with Crippen LogP contribution in [0.3, 0.4) is 0 Å². The summed E-state index contributed by atoms with van der Waals surface area (Å²) in [7, 11) is 0. The van der Waals surface area contributed by atoms with Crippen LogP contribution < -0.4 is 4.74 Å². The smallest absolute Gasteiger partial charge is 0.346 e. The Morgan fingerprint density at radius 2 is 2.22 bits per heavy atom. The summed E-state index contributed by atoms with van der Waals surface area (Å²) in [5.74, 6) is -0.0147. The Hall–Kier alpha value is -1.86. The predicted molar refractivity (Wildman–Crippen MR) is 86.4 cm³/mol. The summed E-state index contributed by atoms with van der Waals surface area (Å²) in [6.07, 6.45) is -0.121. The van der Waals surface area contributed by atoms with Crippen molar-refractivity contribution >= 4 is 21.9 Å². The summed E-state index contributed by atoms with van der Waals surface area (Å²) in [6, 6.07) is 9.95. The van der Waals surface area contributed by atoms with Gasteiger partial charge in [-0.1, -0.05) is 30.3 Å². The number of rotatable bonds is 5. The highest BCUT2D eigenvalue weighted by molar-refractivity contribution is 9.10. The Labute approximate surface area is 142 Å². The topological polar surface area (TPSA) is 62.6 Å². The van der Waals surface area contributed by atoms with E-state index < -0.39 is 5.97 Å². The van der Waals surface area contributed by atoms with Crippen LogP contribution in [0, 0.1) is 0 Å². The highest BCUT2D eigenvalue weighted by Crippen LogP contribution is 2.30. The van der Waals surface area contributed by atoms with Gasteiger partial charge in [0.05, 0.1) is 19.8 Å². The van der Waals surface area contributed by atoms with E-state index >= 15 is 0 Å². The minimum Gasteiger partial charge on any atom is -0.474 e. The molecule has 1 aliphatic heterocycles. The first kappa shape index (κ1) is 16.0. The maximum Gasteiger partial charge on any atom is 0.346 e. The minimum atomic E-state index is -0.440. The number of hydrogen-bond acceptors (Lipinski definition) is 5. The molecule has 0 N–H and O–H groups in total. The molecule has 1 atom stereocenters. The maximum absolute atomic E-state index is 12.0. The second-order valence-electron chi connectivity index (χ2n) is 5.10. The van der Waals surface area contributed by atoms with Gasteiger partial charge in [0, 0.05) is 0 Å². The number of halogens is 1. The van der Waals surface area contributed by atoms with Gasteiger partial charge in [0.2, 0.25) is 5.88 Å². The molecule has 6 nitrogen and oxygen atoms in total. The molecule has 0 bridgehead atoms. The van der Waals surface area contributed by atoms with Gasteiger partial charge in [0.1, 0.15) is 17.3 Å². The van der Waals surface area contributed by atoms with Gasteiger partial charge < -0.3 is 14.2 Å². The Bertz CT molecular complexity index is 687. The first-order valence-corrected chi connectivity index (χ1v) is 8.20. The highest BCUT2D eigenvalue weighted by atomic mass is 79.9. The zero-order chi connectivity index (χ0) is 16.2. The first-order valence-electron chi connectivity index (χ1n) is 7.40. The molecule has 0 amide bonds. The second-order valence-corrected chi connectivity index (χ2v) is 5.85. The molecule has 3 rings (SSSR count). The normalized spacial score (nSPS) is 16.5. The number of ether oxygens (including phenoxy) is 3. The van der Waals surface area contributed by atoms with Gasteiger partial charge in [-0.05, 0) is 28.4 Å². The largest absolute Gasteiger partial charge is 0.474 e. The monoisotopic (exact) mass is 380 g/mol. The molecule has 0 saturated heterocycles. The molecule has 1 aromatic heterocycles. The Balaban J connectivity index is 1.67. The van der Waals surface area contributed by atoms with E-state index in [4.69, 9.17) is 14.2 Å². The van der Waals surface area contributed by atoms with Crippen LogP contribution in [0.15, 0.2) is 34.9 Å². The van der Waals surface area contributed by atoms with E-state index in [9.17, 15) is 4.79 Å². The summed E-state index contributed by atoms with van der Waals surface area (Å²) in [6.45, 7) is 3.48. The third kappa shape index (κ3) is 3.56. The lowest BCUT2D eigenvalue weighted by Gasteiger charge is -2.24. The molecule has 2 aromatic rings. The van der Waals surface area contributed by atoms with Crippen molar-refractivity contribution in [3.8, 4) is 5.88 Å². The van der Waals surface area contributed by atoms with Crippen molar-refractivity contribution in [3.63, 3.8) is 0 Å². The SMILES string of the molecule is CCOC(=O)c1c(Br)nn2c1OCC(OCc1ccccc1)C2. The molecular formula is C16H17BrN2O4. The third-order valence-electron chi connectivity index (χ3n) is 3.45. The van der Waals surface area contributed by atoms with Crippen LogP contribution in [0.4, 0.5) is 0 Å². The fourth-order valence-electron chi connectivity index (χ4n) is 2.37. The van der Waals surface area contributed by atoms with E-state index in [1.54, 1.807) is 11.6 Å². The van der Waals surface area contributed by atoms with Gasteiger partial charge in [-0.2, -0.15) is 5.10 Å². The average Bonchev–Trinajstić information content (AvgIpc) is 2.89. The summed E-state index contributed by atoms with van der Waals surface area (Å²) in [5.41, 5.74) is 1.43. The molecule has 122 valence electrons. The molecular weight excluding hydrogens is 364 g/mol. The number of carbonyl (C=O) groups is 1. The zero-order valence-electron chi connectivity index (χ0n) is 12.7. The lowest BCUT2D eigenvalue weighted by Crippen LogP contribution is -2.33. The molecule has 0 aliphatic carbocycles. The van der Waals surface area contributed by atoms with E-state index in [2.05, 4.69) is 21.0 Å². The van der Waals surface area contributed by atoms with Gasteiger partial charge in [-0.15, -0.1) is 0 Å². The van der Waals surface area contributed by atoms with Crippen LogP contribution >= 0.6 is 15.9 Å². The molecule has 7 heteroatoms. The van der Waals surface area contributed by atoms with Gasteiger partial charge in [0.15, 0.2) is 5.56 Å². The standard InChI is InChI=1S/C16H17BrN2O4/c1-2-21-16(20)13-14(17)18-19-8-12(10-23-15(13)19)22-9-11-6-4-3-5-7-11/h3-7,12H,2,8-10H2,1H3. The molecule has 0 saturated carbocycles. The van der Waals surface area contributed by atoms with Crippen molar-refractivity contribution in [1.29, 1.82) is 0 Å². The number of benzene rings is 1. The van der Waals surface area contributed by atoms with Gasteiger partial charge >= 0.3 is 5.97 Å². The Kier molecular flexibility index (Phi) is 4.97. The summed E-state index contributed by atoms with van der Waals surface area (Å²) in [4.78, 5) is 12.0. The highest BCUT2D eigenvalue weighted by Gasteiger charge is 2.30. The second kappa shape index (κ2) is 7.14. The van der Waals surface area contributed by atoms with Crippen molar-refractivity contribution in [2.75, 3.05) is 13.2 Å². The van der Waals surface area contributed by atoms with Crippen molar-refractivity contribution in [2.24, 2.45) is 0 Å². The van der Waals surface area contributed by atoms with E-state index in [1.165, 1.54) is 0 Å². The van der Waals surface area contributed by atoms with Crippen LogP contribution in [0.2, 0.25) is 0 Å². The van der Waals surface area contributed by atoms with Crippen molar-refractivity contribution in [3.05, 3.63) is 46.1 Å². The molecule has 0 radical (unpaired) electrons. The summed E-state index contributed by atoms with van der Waals surface area (Å²) in [5, 5.41) is 4.29. The lowest BCUT2D eigenvalue weighted by atomic mass is 10.2. The molecule has 1 aliphatic rings. The average molecular weight is 381 g/mol. The Morgan fingerprint density at radius 1 is 1.43 bits per heavy atom. The Morgan fingerprint density at radius 3 is 2.96 bits per heavy atom. The quantitative estimate of drug-likeness (QED) is 0.746. The molecule has 23 heavy (non-hydrogen) atoms. The summed E-state index contributed by atoms with van der Waals surface area (Å²) >= 11 is 3.29. The fraction of sp³-hybridized carbons (Fsp3) is 0.375. The third-order valence-corrected chi connectivity index (χ3v) is 4.01. The first-order chi connectivity index (χ1) is 11.2. The van der Waals surface area contributed by atoms with Crippen LogP contribution in [0.5, 0.6) is 5.88 Å². The van der Waals surface area contributed by atoms with Crippen LogP contribution in [0.25, 0.3) is 0 Å². The van der Waals surface area contributed by atoms with Gasteiger partial charge in [-0.3, -0.25) is 0 Å². The van der Waals surface area contributed by atoms with Gasteiger partial charge in [0.25, 0.3) is 0 Å². The van der Waals surface area contributed by atoms with Crippen molar-refractivity contribution in [2.45, 2.75) is 26.2 Å². The number of aromatic nitrogens is 2. The van der Waals surface area contributed by atoms with Crippen molar-refractivity contribution in [1.82, 2.24) is 9.78 Å². The fourth-order valence-corrected chi connectivity index (χ4v) is 2.89. The van der Waals surface area contributed by atoms with Gasteiger partial charge in [-0.25, -0.2) is 9.48 Å². The molecule has 1 aromatic carbocycles. The van der Waals surface area contributed by atoms with E-state index in [0.29, 0.717) is 42.4 Å². The number of fused-ring (bicyclic) bond motifs is 1. The number of esters is 1. The lowest BCUT2D eigenvalue weighted by molar-refractivity contribution is -0.0222. The predicted octanol–water partition coefficient (Wildman–Crippen LogP) is 2.80. The summed E-state index contributed by atoms with van der Waals surface area (Å²) < 4.78 is 18.6. The van der Waals surface area contributed by atoms with Crippen LogP contribution in [-0.4, -0.2) is 35.1 Å². The molecule has 1 unspecified atom stereocenters. The molecule has 2 heterocycles. The number of hydrogen-bond donors (Lipinski definition) is 0. The van der Waals surface area contributed by atoms with E-state index in [0.717, 1.165) is 5.56 Å². The molecule has 0 spiro atoms. The molecule has 0 fully saturated rings. The maximum atomic E-state index is 12.0. The van der Waals surface area contributed by atoms with E-state index in [-0.39, 0.29) is 6.10 Å². The number of carbonyl (C=O) groups excluding carboxylic acids is 1. The zero-order valence-corrected chi connectivity index (χ0v) is 14.3.